The van der Waals surface area contributed by atoms with Crippen LogP contribution in [-0.2, 0) is 0 Å². The van der Waals surface area contributed by atoms with Gasteiger partial charge in [0.05, 0.1) is 10.9 Å². The average molecular weight is 360 g/mol. The van der Waals surface area contributed by atoms with Crippen molar-refractivity contribution in [3.63, 3.8) is 0 Å². The van der Waals surface area contributed by atoms with Crippen molar-refractivity contribution >= 4 is 28.2 Å². The Hall–Kier alpha value is -3.53. The molecule has 0 amide bonds. The summed E-state index contributed by atoms with van der Waals surface area (Å²) in [5, 5.41) is 11.4. The third-order valence-electron chi connectivity index (χ3n) is 3.82. The van der Waals surface area contributed by atoms with Gasteiger partial charge in [-0.05, 0) is 51.0 Å². The topological polar surface area (TPSA) is 68.0 Å². The average Bonchev–Trinajstić information content (AvgIpc) is 3.08. The van der Waals surface area contributed by atoms with E-state index in [0.29, 0.717) is 33.9 Å². The molecule has 0 aliphatic carbocycles. The molecule has 27 heavy (non-hydrogen) atoms. The number of pyridine rings is 1. The molecule has 0 bridgehead atoms. The number of anilines is 2. The van der Waals surface area contributed by atoms with Gasteiger partial charge in [-0.2, -0.15) is 4.98 Å². The molecule has 0 radical (unpaired) electrons. The molecule has 3 heterocycles. The van der Waals surface area contributed by atoms with Crippen LogP contribution in [0.2, 0.25) is 0 Å². The van der Waals surface area contributed by atoms with Crippen LogP contribution in [0.25, 0.3) is 16.7 Å². The highest BCUT2D eigenvalue weighted by molar-refractivity contribution is 5.93. The maximum atomic E-state index is 14.5. The van der Waals surface area contributed by atoms with Gasteiger partial charge in [0.1, 0.15) is 23.7 Å². The summed E-state index contributed by atoms with van der Waals surface area (Å²) in [4.78, 5) is 8.69. The Morgan fingerprint density at radius 3 is 2.85 bits per heavy atom. The van der Waals surface area contributed by atoms with Crippen LogP contribution in [0.1, 0.15) is 26.5 Å². The van der Waals surface area contributed by atoms with E-state index in [1.807, 2.05) is 20.8 Å². The standard InChI is InChI=1S/C20H17FN6/c1-20(2,3)9-7-13-11-14(8-10-22-13)24-18-17-15(21)5-4-6-16(17)27-12-23-26-19(27)25-18/h4-6,8,10-12H,1-3H3,(H,22,24,25,26). The maximum absolute atomic E-state index is 14.5. The highest BCUT2D eigenvalue weighted by Crippen LogP contribution is 2.27. The summed E-state index contributed by atoms with van der Waals surface area (Å²) in [7, 11) is 0. The van der Waals surface area contributed by atoms with Crippen LogP contribution in [0.3, 0.4) is 0 Å². The van der Waals surface area contributed by atoms with Gasteiger partial charge in [-0.15, -0.1) is 10.2 Å². The predicted molar refractivity (Wildman–Crippen MR) is 102 cm³/mol. The van der Waals surface area contributed by atoms with Gasteiger partial charge in [0, 0.05) is 17.3 Å². The minimum Gasteiger partial charge on any atom is -0.339 e. The molecule has 3 aromatic heterocycles. The van der Waals surface area contributed by atoms with Gasteiger partial charge >= 0.3 is 0 Å². The number of hydrogen-bond donors (Lipinski definition) is 1. The molecule has 134 valence electrons. The van der Waals surface area contributed by atoms with E-state index in [1.165, 1.54) is 12.4 Å². The third kappa shape index (κ3) is 3.42. The highest BCUT2D eigenvalue weighted by atomic mass is 19.1. The monoisotopic (exact) mass is 360 g/mol. The summed E-state index contributed by atoms with van der Waals surface area (Å²) in [5.41, 5.74) is 1.85. The minimum atomic E-state index is -0.375. The first kappa shape index (κ1) is 16.9. The number of fused-ring (bicyclic) bond motifs is 3. The van der Waals surface area contributed by atoms with Gasteiger partial charge in [-0.25, -0.2) is 9.37 Å². The Morgan fingerprint density at radius 2 is 2.04 bits per heavy atom. The number of nitrogens with one attached hydrogen (secondary N) is 1. The second kappa shape index (κ2) is 6.32. The van der Waals surface area contributed by atoms with E-state index in [1.54, 1.807) is 34.9 Å². The van der Waals surface area contributed by atoms with Gasteiger partial charge in [-0.1, -0.05) is 12.0 Å². The number of aromatic nitrogens is 5. The van der Waals surface area contributed by atoms with Gasteiger partial charge in [0.15, 0.2) is 0 Å². The van der Waals surface area contributed by atoms with Gasteiger partial charge < -0.3 is 5.32 Å². The van der Waals surface area contributed by atoms with Crippen LogP contribution in [0, 0.1) is 23.1 Å². The van der Waals surface area contributed by atoms with E-state index >= 15 is 0 Å². The fourth-order valence-corrected chi connectivity index (χ4v) is 2.63. The van der Waals surface area contributed by atoms with Crippen LogP contribution in [0.15, 0.2) is 42.9 Å². The van der Waals surface area contributed by atoms with Gasteiger partial charge in [-0.3, -0.25) is 4.40 Å². The van der Waals surface area contributed by atoms with E-state index in [4.69, 9.17) is 0 Å². The quantitative estimate of drug-likeness (QED) is 0.548. The number of benzene rings is 1. The molecule has 0 atom stereocenters. The summed E-state index contributed by atoms with van der Waals surface area (Å²) in [6.07, 6.45) is 3.17. The zero-order valence-corrected chi connectivity index (χ0v) is 15.2. The first-order chi connectivity index (χ1) is 12.9. The van der Waals surface area contributed by atoms with Crippen LogP contribution in [0.5, 0.6) is 0 Å². The SMILES string of the molecule is CC(C)(C)C#Cc1cc(Nc2nc3nncn3c3cccc(F)c23)ccn1. The van der Waals surface area contributed by atoms with Crippen molar-refractivity contribution in [1.29, 1.82) is 0 Å². The maximum Gasteiger partial charge on any atom is 0.257 e. The largest absolute Gasteiger partial charge is 0.339 e. The molecule has 4 rings (SSSR count). The van der Waals surface area contributed by atoms with E-state index in [9.17, 15) is 4.39 Å². The third-order valence-corrected chi connectivity index (χ3v) is 3.82. The second-order valence-electron chi connectivity index (χ2n) is 7.15. The Balaban J connectivity index is 1.80. The molecule has 1 N–H and O–H groups in total. The number of hydrogen-bond acceptors (Lipinski definition) is 5. The Bertz CT molecular complexity index is 1210. The molecule has 0 saturated carbocycles. The molecule has 0 unspecified atom stereocenters. The first-order valence-electron chi connectivity index (χ1n) is 8.45. The molecule has 0 saturated heterocycles. The van der Waals surface area contributed by atoms with Crippen LogP contribution in [0.4, 0.5) is 15.9 Å². The van der Waals surface area contributed by atoms with Crippen molar-refractivity contribution in [2.24, 2.45) is 5.41 Å². The van der Waals surface area contributed by atoms with E-state index < -0.39 is 0 Å². The summed E-state index contributed by atoms with van der Waals surface area (Å²) < 4.78 is 16.2. The zero-order chi connectivity index (χ0) is 19.0. The molecule has 0 spiro atoms. The van der Waals surface area contributed by atoms with Gasteiger partial charge in [0.2, 0.25) is 0 Å². The molecule has 6 nitrogen and oxygen atoms in total. The van der Waals surface area contributed by atoms with Crippen molar-refractivity contribution in [3.05, 3.63) is 54.4 Å². The normalized spacial score (nSPS) is 11.4. The molecular weight excluding hydrogens is 343 g/mol. The number of rotatable bonds is 2. The predicted octanol–water partition coefficient (Wildman–Crippen LogP) is 3.95. The summed E-state index contributed by atoms with van der Waals surface area (Å²) in [5.74, 6) is 6.59. The number of halogens is 1. The van der Waals surface area contributed by atoms with Crippen LogP contribution in [-0.4, -0.2) is 24.6 Å². The Labute approximate surface area is 155 Å². The smallest absolute Gasteiger partial charge is 0.257 e. The Morgan fingerprint density at radius 1 is 1.19 bits per heavy atom. The van der Waals surface area contributed by atoms with E-state index in [0.717, 1.165) is 0 Å². The fourth-order valence-electron chi connectivity index (χ4n) is 2.63. The lowest BCUT2D eigenvalue weighted by Crippen LogP contribution is -2.02. The Kier molecular flexibility index (Phi) is 3.96. The van der Waals surface area contributed by atoms with E-state index in [2.05, 4.69) is 37.3 Å². The summed E-state index contributed by atoms with van der Waals surface area (Å²) >= 11 is 0. The lowest BCUT2D eigenvalue weighted by molar-refractivity contribution is 0.571. The van der Waals surface area contributed by atoms with Crippen molar-refractivity contribution in [2.75, 3.05) is 5.32 Å². The van der Waals surface area contributed by atoms with Crippen molar-refractivity contribution in [3.8, 4) is 11.8 Å². The van der Waals surface area contributed by atoms with Crippen molar-refractivity contribution in [1.82, 2.24) is 24.6 Å². The second-order valence-corrected chi connectivity index (χ2v) is 7.15. The van der Waals surface area contributed by atoms with Crippen LogP contribution < -0.4 is 5.32 Å². The first-order valence-corrected chi connectivity index (χ1v) is 8.45. The summed E-state index contributed by atoms with van der Waals surface area (Å²) in [6, 6.07) is 8.44. The molecule has 1 aromatic carbocycles. The lowest BCUT2D eigenvalue weighted by Gasteiger charge is -2.11. The molecule has 0 aliphatic heterocycles. The van der Waals surface area contributed by atoms with E-state index in [-0.39, 0.29) is 11.2 Å². The molecular formula is C20H17FN6. The van der Waals surface area contributed by atoms with Crippen molar-refractivity contribution in [2.45, 2.75) is 20.8 Å². The molecule has 0 fully saturated rings. The molecule has 4 aromatic rings. The zero-order valence-electron chi connectivity index (χ0n) is 15.2. The summed E-state index contributed by atoms with van der Waals surface area (Å²) in [6.45, 7) is 6.11. The molecule has 7 heteroatoms. The molecule has 0 aliphatic rings. The van der Waals surface area contributed by atoms with Gasteiger partial charge in [0.25, 0.3) is 5.78 Å². The minimum absolute atomic E-state index is 0.120. The van der Waals surface area contributed by atoms with Crippen LogP contribution >= 0.6 is 0 Å². The fraction of sp³-hybridized carbons (Fsp3) is 0.200. The highest BCUT2D eigenvalue weighted by Gasteiger charge is 2.14. The van der Waals surface area contributed by atoms with Crippen molar-refractivity contribution < 1.29 is 4.39 Å². The lowest BCUT2D eigenvalue weighted by atomic mass is 9.98. The number of nitrogens with zero attached hydrogens (tertiary/aromatic N) is 5.